The molecule has 2 rings (SSSR count). The third kappa shape index (κ3) is 2.06. The van der Waals surface area contributed by atoms with Crippen LogP contribution in [-0.2, 0) is 4.79 Å². The maximum absolute atomic E-state index is 11.8. The van der Waals surface area contributed by atoms with E-state index in [-0.39, 0.29) is 5.91 Å². The fraction of sp³-hybridized carbons (Fsp3) is 0.417. The highest BCUT2D eigenvalue weighted by atomic mass is 35.5. The van der Waals surface area contributed by atoms with Crippen molar-refractivity contribution >= 4 is 35.8 Å². The van der Waals surface area contributed by atoms with Crippen molar-refractivity contribution in [3.8, 4) is 0 Å². The molecule has 2 nitrogen and oxygen atoms in total. The van der Waals surface area contributed by atoms with E-state index in [0.29, 0.717) is 17.4 Å². The van der Waals surface area contributed by atoms with Crippen LogP contribution in [0.5, 0.6) is 0 Å². The Balaban J connectivity index is 2.31. The minimum absolute atomic E-state index is 0.145. The van der Waals surface area contributed by atoms with Crippen LogP contribution >= 0.6 is 24.2 Å². The van der Waals surface area contributed by atoms with Crippen LogP contribution in [-0.4, -0.2) is 18.2 Å². The van der Waals surface area contributed by atoms with Gasteiger partial charge in [0.25, 0.3) is 0 Å². The number of rotatable bonds is 2. The van der Waals surface area contributed by atoms with Gasteiger partial charge in [0, 0.05) is 13.0 Å². The monoisotopic (exact) mass is 255 g/mol. The number of hydrogen-bond donors (Lipinski definition) is 1. The molecule has 1 aliphatic heterocycles. The van der Waals surface area contributed by atoms with Crippen LogP contribution in [0.25, 0.3) is 0 Å². The molecule has 1 aromatic rings. The predicted molar refractivity (Wildman–Crippen MR) is 70.5 cm³/mol. The standard InChI is InChI=1S/C12H14ClNOS/c1-8-3-2-4-10(12(8)13)14-6-9(7-16)5-11(14)15/h2-4,9,16H,5-7H2,1H3. The van der Waals surface area contributed by atoms with Crippen molar-refractivity contribution in [3.63, 3.8) is 0 Å². The fourth-order valence-corrected chi connectivity index (χ4v) is 2.45. The maximum Gasteiger partial charge on any atom is 0.227 e. The summed E-state index contributed by atoms with van der Waals surface area (Å²) in [4.78, 5) is 13.6. The van der Waals surface area contributed by atoms with E-state index in [4.69, 9.17) is 11.6 Å². The highest BCUT2D eigenvalue weighted by molar-refractivity contribution is 7.80. The summed E-state index contributed by atoms with van der Waals surface area (Å²) in [6.45, 7) is 2.67. The first-order chi connectivity index (χ1) is 7.63. The van der Waals surface area contributed by atoms with Gasteiger partial charge in [0.05, 0.1) is 10.7 Å². The first-order valence-electron chi connectivity index (χ1n) is 5.30. The molecule has 1 aliphatic rings. The Hall–Kier alpha value is -0.670. The van der Waals surface area contributed by atoms with Crippen molar-refractivity contribution in [3.05, 3.63) is 28.8 Å². The van der Waals surface area contributed by atoms with E-state index in [9.17, 15) is 4.79 Å². The Kier molecular flexibility index (Phi) is 3.45. The molecule has 1 unspecified atom stereocenters. The fourth-order valence-electron chi connectivity index (χ4n) is 1.98. The van der Waals surface area contributed by atoms with Gasteiger partial charge in [-0.1, -0.05) is 23.7 Å². The topological polar surface area (TPSA) is 20.3 Å². The minimum Gasteiger partial charge on any atom is -0.311 e. The molecule has 4 heteroatoms. The molecule has 0 saturated carbocycles. The highest BCUT2D eigenvalue weighted by Gasteiger charge is 2.30. The number of aryl methyl sites for hydroxylation is 1. The van der Waals surface area contributed by atoms with Crippen LogP contribution in [0.1, 0.15) is 12.0 Å². The van der Waals surface area contributed by atoms with Crippen molar-refractivity contribution in [2.75, 3.05) is 17.2 Å². The molecule has 1 atom stereocenters. The van der Waals surface area contributed by atoms with E-state index in [1.165, 1.54) is 0 Å². The molecule has 0 N–H and O–H groups in total. The Morgan fingerprint density at radius 1 is 1.56 bits per heavy atom. The smallest absolute Gasteiger partial charge is 0.227 e. The third-order valence-corrected chi connectivity index (χ3v) is 3.93. The Bertz CT molecular complexity index is 421. The number of halogens is 1. The van der Waals surface area contributed by atoms with Gasteiger partial charge in [-0.15, -0.1) is 0 Å². The van der Waals surface area contributed by atoms with Gasteiger partial charge in [-0.25, -0.2) is 0 Å². The van der Waals surface area contributed by atoms with Crippen molar-refractivity contribution in [1.29, 1.82) is 0 Å². The second kappa shape index (κ2) is 4.68. The predicted octanol–water partition coefficient (Wildman–Crippen LogP) is 2.93. The molecule has 0 aliphatic carbocycles. The molecule has 16 heavy (non-hydrogen) atoms. The second-order valence-electron chi connectivity index (χ2n) is 4.17. The van der Waals surface area contributed by atoms with Crippen molar-refractivity contribution in [2.24, 2.45) is 5.92 Å². The molecule has 0 spiro atoms. The summed E-state index contributed by atoms with van der Waals surface area (Å²) in [7, 11) is 0. The molecular weight excluding hydrogens is 242 g/mol. The van der Waals surface area contributed by atoms with Gasteiger partial charge in [-0.3, -0.25) is 4.79 Å². The summed E-state index contributed by atoms with van der Waals surface area (Å²) in [5.41, 5.74) is 1.83. The number of amides is 1. The average Bonchev–Trinajstić information content (AvgIpc) is 2.64. The first-order valence-corrected chi connectivity index (χ1v) is 6.31. The van der Waals surface area contributed by atoms with Crippen LogP contribution in [0.2, 0.25) is 5.02 Å². The zero-order valence-electron chi connectivity index (χ0n) is 9.11. The molecule has 1 amide bonds. The Morgan fingerprint density at radius 2 is 2.31 bits per heavy atom. The highest BCUT2D eigenvalue weighted by Crippen LogP contribution is 2.33. The van der Waals surface area contributed by atoms with Crippen molar-refractivity contribution in [2.45, 2.75) is 13.3 Å². The first kappa shape index (κ1) is 11.8. The van der Waals surface area contributed by atoms with E-state index in [1.54, 1.807) is 4.90 Å². The Morgan fingerprint density at radius 3 is 2.94 bits per heavy atom. The van der Waals surface area contributed by atoms with Crippen LogP contribution in [0.15, 0.2) is 18.2 Å². The van der Waals surface area contributed by atoms with E-state index in [0.717, 1.165) is 23.5 Å². The number of nitrogens with zero attached hydrogens (tertiary/aromatic N) is 1. The molecule has 0 bridgehead atoms. The second-order valence-corrected chi connectivity index (χ2v) is 4.91. The number of hydrogen-bond acceptors (Lipinski definition) is 2. The van der Waals surface area contributed by atoms with E-state index in [2.05, 4.69) is 12.6 Å². The molecule has 0 radical (unpaired) electrons. The van der Waals surface area contributed by atoms with Crippen LogP contribution in [0.3, 0.4) is 0 Å². The summed E-state index contributed by atoms with van der Waals surface area (Å²) < 4.78 is 0. The van der Waals surface area contributed by atoms with Gasteiger partial charge in [0.2, 0.25) is 5.91 Å². The van der Waals surface area contributed by atoms with E-state index < -0.39 is 0 Å². The van der Waals surface area contributed by atoms with Crippen LogP contribution in [0, 0.1) is 12.8 Å². The van der Waals surface area contributed by atoms with Gasteiger partial charge in [0.1, 0.15) is 0 Å². The SMILES string of the molecule is Cc1cccc(N2CC(CS)CC2=O)c1Cl. The van der Waals surface area contributed by atoms with E-state index in [1.807, 2.05) is 25.1 Å². The minimum atomic E-state index is 0.145. The summed E-state index contributed by atoms with van der Waals surface area (Å²) in [6.07, 6.45) is 0.577. The van der Waals surface area contributed by atoms with Gasteiger partial charge >= 0.3 is 0 Å². The van der Waals surface area contributed by atoms with Gasteiger partial charge in [-0.05, 0) is 30.2 Å². The maximum atomic E-state index is 11.8. The number of thiol groups is 1. The zero-order valence-corrected chi connectivity index (χ0v) is 10.8. The third-order valence-electron chi connectivity index (χ3n) is 2.93. The van der Waals surface area contributed by atoms with Crippen LogP contribution < -0.4 is 4.90 Å². The molecular formula is C12H14ClNOS. The van der Waals surface area contributed by atoms with E-state index >= 15 is 0 Å². The Labute approximate surface area is 106 Å². The van der Waals surface area contributed by atoms with Crippen molar-refractivity contribution < 1.29 is 4.79 Å². The lowest BCUT2D eigenvalue weighted by Gasteiger charge is -2.18. The lowest BCUT2D eigenvalue weighted by molar-refractivity contribution is -0.117. The van der Waals surface area contributed by atoms with Crippen LogP contribution in [0.4, 0.5) is 5.69 Å². The molecule has 1 saturated heterocycles. The quantitative estimate of drug-likeness (QED) is 0.806. The summed E-state index contributed by atoms with van der Waals surface area (Å²) >= 11 is 10.5. The molecule has 1 aromatic carbocycles. The number of anilines is 1. The molecule has 1 fully saturated rings. The summed E-state index contributed by atoms with van der Waals surface area (Å²) in [5, 5.41) is 0.677. The molecule has 86 valence electrons. The number of carbonyl (C=O) groups is 1. The normalized spacial score (nSPS) is 20.6. The van der Waals surface area contributed by atoms with Crippen molar-refractivity contribution in [1.82, 2.24) is 0 Å². The zero-order chi connectivity index (χ0) is 11.7. The summed E-state index contributed by atoms with van der Waals surface area (Å²) in [6, 6.07) is 5.77. The van der Waals surface area contributed by atoms with Gasteiger partial charge in [-0.2, -0.15) is 12.6 Å². The summed E-state index contributed by atoms with van der Waals surface area (Å²) in [5.74, 6) is 1.23. The molecule has 1 heterocycles. The molecule has 0 aromatic heterocycles. The van der Waals surface area contributed by atoms with Gasteiger partial charge in [0.15, 0.2) is 0 Å². The lowest BCUT2D eigenvalue weighted by Crippen LogP contribution is -2.25. The average molecular weight is 256 g/mol. The largest absolute Gasteiger partial charge is 0.311 e. The van der Waals surface area contributed by atoms with Gasteiger partial charge < -0.3 is 4.90 Å². The number of benzene rings is 1. The lowest BCUT2D eigenvalue weighted by atomic mass is 10.1. The number of carbonyl (C=O) groups excluding carboxylic acids is 1.